The Bertz CT molecular complexity index is 506. The molecule has 18 heavy (non-hydrogen) atoms. The van der Waals surface area contributed by atoms with Crippen LogP contribution >= 0.6 is 11.8 Å². The number of thioether (sulfide) groups is 1. The van der Waals surface area contributed by atoms with E-state index in [1.54, 1.807) is 18.5 Å². The zero-order valence-corrected chi connectivity index (χ0v) is 10.2. The van der Waals surface area contributed by atoms with Gasteiger partial charge in [0.1, 0.15) is 0 Å². The van der Waals surface area contributed by atoms with Crippen molar-refractivity contribution in [2.75, 3.05) is 18.1 Å². The maximum Gasteiger partial charge on any atom is 0.256 e. The normalized spacial score (nSPS) is 12.6. The van der Waals surface area contributed by atoms with Gasteiger partial charge in [-0.05, 0) is 6.07 Å². The van der Waals surface area contributed by atoms with Gasteiger partial charge in [0.2, 0.25) is 5.95 Å². The van der Waals surface area contributed by atoms with Crippen LogP contribution in [0.25, 0.3) is 5.95 Å². The maximum absolute atomic E-state index is 9.25. The van der Waals surface area contributed by atoms with E-state index in [2.05, 4.69) is 20.1 Å². The molecule has 2 heterocycles. The molecule has 0 fully saturated rings. The predicted molar refractivity (Wildman–Crippen MR) is 65.2 cm³/mol. The van der Waals surface area contributed by atoms with Crippen LogP contribution < -0.4 is 5.73 Å². The summed E-state index contributed by atoms with van der Waals surface area (Å²) in [5.74, 6) is 0.670. The minimum Gasteiger partial charge on any atom is -0.394 e. The second-order valence-electron chi connectivity index (χ2n) is 3.37. The summed E-state index contributed by atoms with van der Waals surface area (Å²) >= 11 is 1.19. The number of aliphatic hydroxyl groups excluding tert-OH is 2. The lowest BCUT2D eigenvalue weighted by atomic mass is 10.4. The molecule has 8 nitrogen and oxygen atoms in total. The van der Waals surface area contributed by atoms with Crippen molar-refractivity contribution < 1.29 is 10.2 Å². The Morgan fingerprint density at radius 1 is 1.39 bits per heavy atom. The topological polar surface area (TPSA) is 123 Å². The van der Waals surface area contributed by atoms with E-state index in [0.29, 0.717) is 11.1 Å². The Labute approximate surface area is 107 Å². The van der Waals surface area contributed by atoms with E-state index < -0.39 is 6.10 Å². The summed E-state index contributed by atoms with van der Waals surface area (Å²) < 4.78 is 1.46. The molecule has 0 aliphatic heterocycles. The highest BCUT2D eigenvalue weighted by Gasteiger charge is 2.09. The third kappa shape index (κ3) is 3.15. The van der Waals surface area contributed by atoms with Crippen LogP contribution in [0.5, 0.6) is 0 Å². The smallest absolute Gasteiger partial charge is 0.256 e. The van der Waals surface area contributed by atoms with Gasteiger partial charge in [-0.2, -0.15) is 20.1 Å². The van der Waals surface area contributed by atoms with Gasteiger partial charge < -0.3 is 15.9 Å². The van der Waals surface area contributed by atoms with Crippen LogP contribution in [0.1, 0.15) is 0 Å². The summed E-state index contributed by atoms with van der Waals surface area (Å²) in [6.07, 6.45) is 2.47. The van der Waals surface area contributed by atoms with Crippen molar-refractivity contribution in [3.63, 3.8) is 0 Å². The number of nitrogen functional groups attached to an aromatic ring is 1. The van der Waals surface area contributed by atoms with Crippen LogP contribution in [0.4, 0.5) is 5.95 Å². The number of nitrogens with zero attached hydrogens (tertiary/aromatic N) is 5. The van der Waals surface area contributed by atoms with Gasteiger partial charge in [-0.25, -0.2) is 4.68 Å². The van der Waals surface area contributed by atoms with Crippen LogP contribution in [-0.4, -0.2) is 53.4 Å². The largest absolute Gasteiger partial charge is 0.394 e. The van der Waals surface area contributed by atoms with Crippen molar-refractivity contribution in [2.45, 2.75) is 11.3 Å². The minimum atomic E-state index is -0.818. The molecule has 0 amide bonds. The van der Waals surface area contributed by atoms with Crippen molar-refractivity contribution in [3.05, 3.63) is 18.5 Å². The highest BCUT2D eigenvalue weighted by Crippen LogP contribution is 2.15. The van der Waals surface area contributed by atoms with Crippen LogP contribution in [0.15, 0.2) is 23.6 Å². The molecule has 96 valence electrons. The summed E-state index contributed by atoms with van der Waals surface area (Å²) in [6.45, 7) is -0.306. The molecule has 9 heteroatoms. The minimum absolute atomic E-state index is 0.0801. The van der Waals surface area contributed by atoms with E-state index in [9.17, 15) is 5.11 Å². The zero-order valence-electron chi connectivity index (χ0n) is 9.34. The van der Waals surface area contributed by atoms with Crippen molar-refractivity contribution in [1.29, 1.82) is 0 Å². The van der Waals surface area contributed by atoms with Gasteiger partial charge in [0.25, 0.3) is 5.95 Å². The number of aromatic nitrogens is 5. The third-order valence-electron chi connectivity index (χ3n) is 1.95. The summed E-state index contributed by atoms with van der Waals surface area (Å²) in [5.41, 5.74) is 5.58. The number of aliphatic hydroxyl groups is 2. The first-order chi connectivity index (χ1) is 8.69. The molecule has 0 spiro atoms. The summed E-state index contributed by atoms with van der Waals surface area (Å²) in [7, 11) is 0. The lowest BCUT2D eigenvalue weighted by Gasteiger charge is -2.06. The van der Waals surface area contributed by atoms with Crippen LogP contribution in [0, 0.1) is 0 Å². The summed E-state index contributed by atoms with van der Waals surface area (Å²) in [5, 5.41) is 22.3. The molecule has 0 saturated carbocycles. The number of hydrogen-bond donors (Lipinski definition) is 3. The Morgan fingerprint density at radius 2 is 2.22 bits per heavy atom. The van der Waals surface area contributed by atoms with E-state index >= 15 is 0 Å². The summed E-state index contributed by atoms with van der Waals surface area (Å²) in [6, 6.07) is 1.74. The van der Waals surface area contributed by atoms with E-state index in [1.807, 2.05) is 0 Å². The fourth-order valence-corrected chi connectivity index (χ4v) is 1.89. The molecule has 0 radical (unpaired) electrons. The molecule has 1 atom stereocenters. The quantitative estimate of drug-likeness (QED) is 0.595. The fourth-order valence-electron chi connectivity index (χ4n) is 1.14. The molecular weight excluding hydrogens is 256 g/mol. The van der Waals surface area contributed by atoms with Gasteiger partial charge in [-0.3, -0.25) is 0 Å². The average molecular weight is 268 g/mol. The van der Waals surface area contributed by atoms with Gasteiger partial charge in [-0.15, -0.1) is 0 Å². The first kappa shape index (κ1) is 12.7. The van der Waals surface area contributed by atoms with Gasteiger partial charge in [0, 0.05) is 18.1 Å². The summed E-state index contributed by atoms with van der Waals surface area (Å²) in [4.78, 5) is 12.0. The zero-order chi connectivity index (χ0) is 13.0. The van der Waals surface area contributed by atoms with Crippen LogP contribution in [0.2, 0.25) is 0 Å². The fraction of sp³-hybridized carbons (Fsp3) is 0.333. The van der Waals surface area contributed by atoms with E-state index in [1.165, 1.54) is 16.4 Å². The second kappa shape index (κ2) is 5.76. The monoisotopic (exact) mass is 268 g/mol. The molecule has 0 aliphatic carbocycles. The van der Waals surface area contributed by atoms with E-state index in [4.69, 9.17) is 10.8 Å². The number of anilines is 1. The molecule has 2 rings (SSSR count). The molecule has 0 saturated heterocycles. The molecule has 0 aromatic carbocycles. The Morgan fingerprint density at radius 3 is 2.89 bits per heavy atom. The third-order valence-corrected chi connectivity index (χ3v) is 2.94. The lowest BCUT2D eigenvalue weighted by Crippen LogP contribution is -2.15. The Balaban J connectivity index is 2.17. The highest BCUT2D eigenvalue weighted by molar-refractivity contribution is 7.99. The predicted octanol–water partition coefficient (Wildman–Crippen LogP) is -0.915. The highest BCUT2D eigenvalue weighted by atomic mass is 32.2. The van der Waals surface area contributed by atoms with E-state index in [0.717, 1.165) is 0 Å². The van der Waals surface area contributed by atoms with Crippen LogP contribution in [0.3, 0.4) is 0 Å². The van der Waals surface area contributed by atoms with Gasteiger partial charge in [0.05, 0.1) is 12.7 Å². The maximum atomic E-state index is 9.25. The first-order valence-corrected chi connectivity index (χ1v) is 6.11. The van der Waals surface area contributed by atoms with Crippen molar-refractivity contribution in [2.24, 2.45) is 0 Å². The first-order valence-electron chi connectivity index (χ1n) is 5.12. The van der Waals surface area contributed by atoms with Gasteiger partial charge in [-0.1, -0.05) is 11.8 Å². The van der Waals surface area contributed by atoms with Gasteiger partial charge >= 0.3 is 0 Å². The molecular formula is C9H12N6O2S. The van der Waals surface area contributed by atoms with Crippen LogP contribution in [-0.2, 0) is 0 Å². The van der Waals surface area contributed by atoms with Gasteiger partial charge in [0.15, 0.2) is 5.16 Å². The Kier molecular flexibility index (Phi) is 4.07. The van der Waals surface area contributed by atoms with Crippen molar-refractivity contribution in [1.82, 2.24) is 24.7 Å². The molecule has 2 aromatic heterocycles. The molecule has 2 aromatic rings. The lowest BCUT2D eigenvalue weighted by molar-refractivity contribution is 0.113. The van der Waals surface area contributed by atoms with E-state index in [-0.39, 0.29) is 18.3 Å². The van der Waals surface area contributed by atoms with Crippen molar-refractivity contribution in [3.8, 4) is 5.95 Å². The SMILES string of the molecule is Nc1nc(SCC(O)CO)nc(-n2cccn2)n1. The molecule has 0 bridgehead atoms. The number of rotatable bonds is 5. The second-order valence-corrected chi connectivity index (χ2v) is 4.36. The van der Waals surface area contributed by atoms with Crippen molar-refractivity contribution >= 4 is 17.7 Å². The molecule has 4 N–H and O–H groups in total. The molecule has 1 unspecified atom stereocenters. The number of nitrogens with two attached hydrogens (primary N) is 1. The number of hydrogen-bond acceptors (Lipinski definition) is 8. The average Bonchev–Trinajstić information content (AvgIpc) is 2.89. The Hall–Kier alpha value is -1.71. The standard InChI is InChI=1S/C9H12N6O2S/c10-7-12-8(15-3-1-2-11-15)14-9(13-7)18-5-6(17)4-16/h1-3,6,16-17H,4-5H2,(H2,10,12,13,14). The molecule has 0 aliphatic rings.